The van der Waals surface area contributed by atoms with Crippen LogP contribution in [0, 0.1) is 11.7 Å². The molecule has 2 aromatic rings. The summed E-state index contributed by atoms with van der Waals surface area (Å²) < 4.78 is 18.7. The molecule has 0 bridgehead atoms. The van der Waals surface area contributed by atoms with Crippen LogP contribution >= 0.6 is 0 Å². The van der Waals surface area contributed by atoms with Crippen molar-refractivity contribution in [3.63, 3.8) is 0 Å². The predicted octanol–water partition coefficient (Wildman–Crippen LogP) is 1.92. The van der Waals surface area contributed by atoms with Gasteiger partial charge in [-0.2, -0.15) is 0 Å². The molecule has 1 aliphatic rings. The average molecular weight is 371 g/mol. The average Bonchev–Trinajstić information content (AvgIpc) is 3.05. The number of carbonyl (C=O) groups excluding carboxylic acids is 3. The van der Waals surface area contributed by atoms with Crippen molar-refractivity contribution in [2.45, 2.75) is 6.42 Å². The Kier molecular flexibility index (Phi) is 5.07. The maximum absolute atomic E-state index is 13.5. The Morgan fingerprint density at radius 3 is 2.74 bits per heavy atom. The van der Waals surface area contributed by atoms with Gasteiger partial charge in [-0.15, -0.1) is 0 Å². The topological polar surface area (TPSA) is 102 Å². The minimum Gasteiger partial charge on any atom is -0.497 e. The van der Waals surface area contributed by atoms with Gasteiger partial charge in [0.25, 0.3) is 5.91 Å². The highest BCUT2D eigenvalue weighted by atomic mass is 19.1. The van der Waals surface area contributed by atoms with Gasteiger partial charge in [0.2, 0.25) is 11.8 Å². The Bertz CT molecular complexity index is 916. The van der Waals surface area contributed by atoms with Gasteiger partial charge in [-0.1, -0.05) is 6.07 Å². The maximum atomic E-state index is 13.5. The van der Waals surface area contributed by atoms with Crippen LogP contribution in [-0.4, -0.2) is 31.4 Å². The maximum Gasteiger partial charge on any atom is 0.251 e. The summed E-state index contributed by atoms with van der Waals surface area (Å²) in [5.74, 6) is -2.23. The fourth-order valence-corrected chi connectivity index (χ4v) is 2.95. The summed E-state index contributed by atoms with van der Waals surface area (Å²) in [6.07, 6.45) is 0.0485. The van der Waals surface area contributed by atoms with Gasteiger partial charge in [-0.25, -0.2) is 4.39 Å². The molecule has 1 aliphatic heterocycles. The first-order valence-corrected chi connectivity index (χ1v) is 8.23. The lowest BCUT2D eigenvalue weighted by atomic mass is 10.1. The number of nitrogens with zero attached hydrogens (tertiary/aromatic N) is 1. The number of benzene rings is 2. The monoisotopic (exact) mass is 371 g/mol. The van der Waals surface area contributed by atoms with Gasteiger partial charge in [0.1, 0.15) is 11.6 Å². The highest BCUT2D eigenvalue weighted by molar-refractivity contribution is 6.04. The van der Waals surface area contributed by atoms with Crippen molar-refractivity contribution in [3.05, 3.63) is 53.8 Å². The van der Waals surface area contributed by atoms with E-state index in [1.165, 1.54) is 24.1 Å². The largest absolute Gasteiger partial charge is 0.497 e. The second-order valence-electron chi connectivity index (χ2n) is 6.15. The van der Waals surface area contributed by atoms with Gasteiger partial charge in [-0.05, 0) is 30.3 Å². The Balaban J connectivity index is 1.72. The summed E-state index contributed by atoms with van der Waals surface area (Å²) in [6, 6.07) is 10.6. The number of rotatable bonds is 5. The van der Waals surface area contributed by atoms with E-state index in [1.54, 1.807) is 24.3 Å². The van der Waals surface area contributed by atoms with E-state index in [1.807, 2.05) is 0 Å². The molecule has 1 saturated heterocycles. The van der Waals surface area contributed by atoms with Gasteiger partial charge in [0.15, 0.2) is 0 Å². The smallest absolute Gasteiger partial charge is 0.251 e. The number of anilines is 2. The van der Waals surface area contributed by atoms with Crippen LogP contribution in [0.5, 0.6) is 5.75 Å². The fourth-order valence-electron chi connectivity index (χ4n) is 2.95. The Labute approximate surface area is 154 Å². The summed E-state index contributed by atoms with van der Waals surface area (Å²) in [7, 11) is 1.53. The molecule has 1 heterocycles. The Morgan fingerprint density at radius 2 is 2.04 bits per heavy atom. The number of carbonyl (C=O) groups is 3. The van der Waals surface area contributed by atoms with Crippen LogP contribution in [0.4, 0.5) is 15.8 Å². The molecule has 1 atom stereocenters. The van der Waals surface area contributed by atoms with Crippen molar-refractivity contribution in [3.8, 4) is 5.75 Å². The lowest BCUT2D eigenvalue weighted by Crippen LogP contribution is -2.28. The Morgan fingerprint density at radius 1 is 1.26 bits per heavy atom. The van der Waals surface area contributed by atoms with Crippen molar-refractivity contribution in [2.24, 2.45) is 11.7 Å². The highest BCUT2D eigenvalue weighted by Crippen LogP contribution is 2.28. The van der Waals surface area contributed by atoms with E-state index >= 15 is 0 Å². The van der Waals surface area contributed by atoms with E-state index < -0.39 is 23.5 Å². The van der Waals surface area contributed by atoms with E-state index in [0.29, 0.717) is 11.4 Å². The number of amides is 3. The lowest BCUT2D eigenvalue weighted by Gasteiger charge is -2.17. The van der Waals surface area contributed by atoms with Crippen molar-refractivity contribution >= 4 is 29.1 Å². The molecule has 0 aliphatic carbocycles. The van der Waals surface area contributed by atoms with Crippen LogP contribution in [0.3, 0.4) is 0 Å². The van der Waals surface area contributed by atoms with E-state index in [-0.39, 0.29) is 30.1 Å². The third-order valence-corrected chi connectivity index (χ3v) is 4.36. The molecule has 1 fully saturated rings. The second-order valence-corrected chi connectivity index (χ2v) is 6.15. The molecular formula is C19H18FN3O4. The van der Waals surface area contributed by atoms with Crippen molar-refractivity contribution in [1.82, 2.24) is 0 Å². The van der Waals surface area contributed by atoms with Gasteiger partial charge in [0, 0.05) is 30.4 Å². The standard InChI is InChI=1S/C19H18FN3O4/c1-27-14-4-2-3-13(9-14)23-10-11(7-17(23)24)19(26)22-12-5-6-16(20)15(8-12)18(21)25/h2-6,8-9,11H,7,10H2,1H3,(H2,21,25)(H,22,26). The third-order valence-electron chi connectivity index (χ3n) is 4.36. The molecule has 3 N–H and O–H groups in total. The third kappa shape index (κ3) is 3.89. The highest BCUT2D eigenvalue weighted by Gasteiger charge is 2.35. The second kappa shape index (κ2) is 7.45. The zero-order valence-electron chi connectivity index (χ0n) is 14.6. The van der Waals surface area contributed by atoms with Crippen LogP contribution in [0.1, 0.15) is 16.8 Å². The number of nitrogens with two attached hydrogens (primary N) is 1. The van der Waals surface area contributed by atoms with Crippen molar-refractivity contribution < 1.29 is 23.5 Å². The zero-order chi connectivity index (χ0) is 19.6. The van der Waals surface area contributed by atoms with Crippen LogP contribution in [0.25, 0.3) is 0 Å². The van der Waals surface area contributed by atoms with Crippen molar-refractivity contribution in [2.75, 3.05) is 23.9 Å². The molecule has 0 spiro atoms. The molecule has 27 heavy (non-hydrogen) atoms. The van der Waals surface area contributed by atoms with Crippen LogP contribution < -0.4 is 20.7 Å². The Hall–Kier alpha value is -3.42. The molecular weight excluding hydrogens is 353 g/mol. The summed E-state index contributed by atoms with van der Waals surface area (Å²) >= 11 is 0. The number of hydrogen-bond acceptors (Lipinski definition) is 4. The van der Waals surface area contributed by atoms with E-state index in [0.717, 1.165) is 6.07 Å². The molecule has 140 valence electrons. The molecule has 0 saturated carbocycles. The minimum absolute atomic E-state index is 0.0485. The van der Waals surface area contributed by atoms with Crippen LogP contribution in [0.15, 0.2) is 42.5 Å². The molecule has 8 heteroatoms. The number of methoxy groups -OCH3 is 1. The first-order valence-electron chi connectivity index (χ1n) is 8.23. The van der Waals surface area contributed by atoms with Crippen molar-refractivity contribution in [1.29, 1.82) is 0 Å². The molecule has 0 radical (unpaired) electrons. The number of primary amides is 1. The molecule has 0 aromatic heterocycles. The first kappa shape index (κ1) is 18.4. The number of ether oxygens (including phenoxy) is 1. The van der Waals surface area contributed by atoms with Gasteiger partial charge in [0.05, 0.1) is 18.6 Å². The summed E-state index contributed by atoms with van der Waals surface area (Å²) in [6.45, 7) is 0.210. The quantitative estimate of drug-likeness (QED) is 0.838. The minimum atomic E-state index is -0.927. The summed E-state index contributed by atoms with van der Waals surface area (Å²) in [4.78, 5) is 37.6. The SMILES string of the molecule is COc1cccc(N2CC(C(=O)Nc3ccc(F)c(C(N)=O)c3)CC2=O)c1. The van der Waals surface area contributed by atoms with Gasteiger partial charge in [-0.3, -0.25) is 14.4 Å². The van der Waals surface area contributed by atoms with Crippen LogP contribution in [-0.2, 0) is 9.59 Å². The first-order chi connectivity index (χ1) is 12.9. The zero-order valence-corrected chi connectivity index (χ0v) is 14.6. The van der Waals surface area contributed by atoms with Gasteiger partial charge < -0.3 is 20.7 Å². The number of halogens is 1. The van der Waals surface area contributed by atoms with Crippen LogP contribution in [0.2, 0.25) is 0 Å². The normalized spacial score (nSPS) is 16.3. The van der Waals surface area contributed by atoms with E-state index in [9.17, 15) is 18.8 Å². The summed E-state index contributed by atoms with van der Waals surface area (Å²) in [5, 5.41) is 2.60. The van der Waals surface area contributed by atoms with E-state index in [4.69, 9.17) is 10.5 Å². The fraction of sp³-hybridized carbons (Fsp3) is 0.211. The summed E-state index contributed by atoms with van der Waals surface area (Å²) in [5.41, 5.74) is 5.68. The number of hydrogen-bond donors (Lipinski definition) is 2. The molecule has 2 aromatic carbocycles. The lowest BCUT2D eigenvalue weighted by molar-refractivity contribution is -0.122. The number of nitrogens with one attached hydrogen (secondary N) is 1. The van der Waals surface area contributed by atoms with E-state index in [2.05, 4.69) is 5.32 Å². The molecule has 1 unspecified atom stereocenters. The molecule has 3 rings (SSSR count). The van der Waals surface area contributed by atoms with Gasteiger partial charge >= 0.3 is 0 Å². The predicted molar refractivity (Wildman–Crippen MR) is 97.0 cm³/mol. The molecule has 3 amide bonds. The molecule has 7 nitrogen and oxygen atoms in total.